The predicted octanol–water partition coefficient (Wildman–Crippen LogP) is 2.68. The van der Waals surface area contributed by atoms with E-state index in [0.717, 1.165) is 5.56 Å². The zero-order valence-corrected chi connectivity index (χ0v) is 12.2. The van der Waals surface area contributed by atoms with Crippen LogP contribution in [0.1, 0.15) is 18.9 Å². The van der Waals surface area contributed by atoms with Crippen LogP contribution < -0.4 is 0 Å². The van der Waals surface area contributed by atoms with Gasteiger partial charge in [-0.3, -0.25) is 4.18 Å². The van der Waals surface area contributed by atoms with E-state index in [4.69, 9.17) is 8.92 Å². The zero-order valence-electron chi connectivity index (χ0n) is 11.3. The van der Waals surface area contributed by atoms with E-state index < -0.39 is 10.1 Å². The average Bonchev–Trinajstić information content (AvgIpc) is 2.36. The lowest BCUT2D eigenvalue weighted by Crippen LogP contribution is -2.14. The van der Waals surface area contributed by atoms with Gasteiger partial charge in [-0.15, -0.1) is 6.58 Å². The fraction of sp³-hybridized carbons (Fsp3) is 0.429. The minimum Gasteiger partial charge on any atom is -0.374 e. The maximum atomic E-state index is 11.9. The molecule has 0 radical (unpaired) electrons. The molecular formula is C14H20O4S. The van der Waals surface area contributed by atoms with Gasteiger partial charge in [-0.2, -0.15) is 8.42 Å². The standard InChI is InChI=1S/C14H20O4S/c1-4-10-17-13(3)9-11-18-19(15,16)14-7-5-12(2)6-8-14/h4-8,13H,1,9-11H2,2-3H3. The first-order valence-corrected chi connectivity index (χ1v) is 7.55. The van der Waals surface area contributed by atoms with Crippen molar-refractivity contribution in [3.8, 4) is 0 Å². The largest absolute Gasteiger partial charge is 0.374 e. The summed E-state index contributed by atoms with van der Waals surface area (Å²) in [6.45, 7) is 7.87. The molecule has 5 heteroatoms. The Morgan fingerprint density at radius 3 is 2.53 bits per heavy atom. The highest BCUT2D eigenvalue weighted by atomic mass is 32.2. The Labute approximate surface area is 115 Å². The van der Waals surface area contributed by atoms with Crippen LogP contribution in [0.5, 0.6) is 0 Å². The molecule has 0 amide bonds. The molecule has 4 nitrogen and oxygen atoms in total. The summed E-state index contributed by atoms with van der Waals surface area (Å²) < 4.78 is 34.0. The van der Waals surface area contributed by atoms with Crippen LogP contribution in [-0.2, 0) is 19.0 Å². The summed E-state index contributed by atoms with van der Waals surface area (Å²) in [6.07, 6.45) is 2.10. The number of hydrogen-bond acceptors (Lipinski definition) is 4. The number of benzene rings is 1. The maximum absolute atomic E-state index is 11.9. The minimum absolute atomic E-state index is 0.0637. The first-order valence-electron chi connectivity index (χ1n) is 6.14. The van der Waals surface area contributed by atoms with E-state index in [-0.39, 0.29) is 17.6 Å². The Kier molecular flexibility index (Phi) is 6.21. The van der Waals surface area contributed by atoms with Gasteiger partial charge in [0.25, 0.3) is 10.1 Å². The molecule has 1 unspecified atom stereocenters. The molecule has 0 N–H and O–H groups in total. The van der Waals surface area contributed by atoms with Gasteiger partial charge in [0, 0.05) is 0 Å². The quantitative estimate of drug-likeness (QED) is 0.544. The lowest BCUT2D eigenvalue weighted by molar-refractivity contribution is 0.0709. The van der Waals surface area contributed by atoms with Gasteiger partial charge in [-0.05, 0) is 32.4 Å². The Hall–Kier alpha value is -1.17. The topological polar surface area (TPSA) is 52.6 Å². The van der Waals surface area contributed by atoms with Crippen LogP contribution in [0.4, 0.5) is 0 Å². The maximum Gasteiger partial charge on any atom is 0.296 e. The van der Waals surface area contributed by atoms with Crippen molar-refractivity contribution < 1.29 is 17.3 Å². The zero-order chi connectivity index (χ0) is 14.3. The molecule has 0 spiro atoms. The van der Waals surface area contributed by atoms with Crippen molar-refractivity contribution in [3.63, 3.8) is 0 Å². The van der Waals surface area contributed by atoms with E-state index in [9.17, 15) is 8.42 Å². The summed E-state index contributed by atoms with van der Waals surface area (Å²) in [5.74, 6) is 0. The lowest BCUT2D eigenvalue weighted by atomic mass is 10.2. The molecule has 0 aliphatic carbocycles. The highest BCUT2D eigenvalue weighted by Crippen LogP contribution is 2.13. The van der Waals surface area contributed by atoms with Crippen LogP contribution >= 0.6 is 0 Å². The molecule has 0 bridgehead atoms. The Balaban J connectivity index is 2.47. The SMILES string of the molecule is C=CCOC(C)CCOS(=O)(=O)c1ccc(C)cc1. The smallest absolute Gasteiger partial charge is 0.296 e. The van der Waals surface area contributed by atoms with Crippen LogP contribution in [-0.4, -0.2) is 27.7 Å². The molecule has 1 aromatic rings. The monoisotopic (exact) mass is 284 g/mol. The number of aryl methyl sites for hydroxylation is 1. The summed E-state index contributed by atoms with van der Waals surface area (Å²) in [6, 6.07) is 6.57. The molecule has 0 fully saturated rings. The van der Waals surface area contributed by atoms with Crippen molar-refractivity contribution in [1.82, 2.24) is 0 Å². The van der Waals surface area contributed by atoms with E-state index in [1.54, 1.807) is 30.3 Å². The molecule has 0 saturated heterocycles. The third kappa shape index (κ3) is 5.55. The highest BCUT2D eigenvalue weighted by Gasteiger charge is 2.15. The van der Waals surface area contributed by atoms with E-state index in [1.165, 1.54) is 0 Å². The Bertz CT molecular complexity index is 491. The summed E-state index contributed by atoms with van der Waals surface area (Å²) in [7, 11) is -3.67. The van der Waals surface area contributed by atoms with Crippen molar-refractivity contribution in [2.75, 3.05) is 13.2 Å². The lowest BCUT2D eigenvalue weighted by Gasteiger charge is -2.11. The summed E-state index contributed by atoms with van der Waals surface area (Å²) in [4.78, 5) is 0.178. The molecule has 1 rings (SSSR count). The highest BCUT2D eigenvalue weighted by molar-refractivity contribution is 7.86. The van der Waals surface area contributed by atoms with E-state index >= 15 is 0 Å². The second kappa shape index (κ2) is 7.43. The van der Waals surface area contributed by atoms with Gasteiger partial charge in [-0.1, -0.05) is 23.8 Å². The molecule has 0 aliphatic heterocycles. The molecule has 0 aromatic heterocycles. The van der Waals surface area contributed by atoms with Gasteiger partial charge in [0.1, 0.15) is 0 Å². The van der Waals surface area contributed by atoms with Crippen molar-refractivity contribution in [3.05, 3.63) is 42.5 Å². The Morgan fingerprint density at radius 2 is 1.95 bits per heavy atom. The van der Waals surface area contributed by atoms with Crippen LogP contribution in [0.25, 0.3) is 0 Å². The third-order valence-electron chi connectivity index (χ3n) is 2.57. The minimum atomic E-state index is -3.67. The molecule has 0 heterocycles. The van der Waals surface area contributed by atoms with E-state index in [1.807, 2.05) is 13.8 Å². The van der Waals surface area contributed by atoms with Gasteiger partial charge in [0.05, 0.1) is 24.2 Å². The Morgan fingerprint density at radius 1 is 1.32 bits per heavy atom. The first kappa shape index (κ1) is 15.9. The number of rotatable bonds is 8. The first-order chi connectivity index (χ1) is 8.95. The summed E-state index contributed by atoms with van der Waals surface area (Å²) in [5.41, 5.74) is 1.00. The fourth-order valence-electron chi connectivity index (χ4n) is 1.41. The normalized spacial score (nSPS) is 13.2. The fourth-order valence-corrected chi connectivity index (χ4v) is 2.33. The average molecular weight is 284 g/mol. The van der Waals surface area contributed by atoms with Crippen LogP contribution in [0.15, 0.2) is 41.8 Å². The van der Waals surface area contributed by atoms with Crippen LogP contribution in [0, 0.1) is 6.92 Å². The van der Waals surface area contributed by atoms with Gasteiger partial charge in [-0.25, -0.2) is 0 Å². The van der Waals surface area contributed by atoms with Crippen molar-refractivity contribution in [2.45, 2.75) is 31.3 Å². The van der Waals surface area contributed by atoms with Gasteiger partial charge in [0.2, 0.25) is 0 Å². The predicted molar refractivity (Wildman–Crippen MR) is 74.5 cm³/mol. The van der Waals surface area contributed by atoms with Gasteiger partial charge >= 0.3 is 0 Å². The second-order valence-electron chi connectivity index (χ2n) is 4.31. The molecule has 106 valence electrons. The van der Waals surface area contributed by atoms with Crippen molar-refractivity contribution >= 4 is 10.1 Å². The van der Waals surface area contributed by atoms with Crippen molar-refractivity contribution in [2.24, 2.45) is 0 Å². The third-order valence-corrected chi connectivity index (χ3v) is 3.90. The molecule has 0 saturated carbocycles. The second-order valence-corrected chi connectivity index (χ2v) is 5.93. The van der Waals surface area contributed by atoms with Crippen LogP contribution in [0.2, 0.25) is 0 Å². The molecule has 1 aromatic carbocycles. The molecular weight excluding hydrogens is 264 g/mol. The molecule has 1 atom stereocenters. The van der Waals surface area contributed by atoms with E-state index in [0.29, 0.717) is 13.0 Å². The van der Waals surface area contributed by atoms with Crippen LogP contribution in [0.3, 0.4) is 0 Å². The van der Waals surface area contributed by atoms with E-state index in [2.05, 4.69) is 6.58 Å². The molecule has 0 aliphatic rings. The number of ether oxygens (including phenoxy) is 1. The number of hydrogen-bond donors (Lipinski definition) is 0. The molecule has 19 heavy (non-hydrogen) atoms. The van der Waals surface area contributed by atoms with Crippen molar-refractivity contribution in [1.29, 1.82) is 0 Å². The van der Waals surface area contributed by atoms with Gasteiger partial charge in [0.15, 0.2) is 0 Å². The summed E-state index contributed by atoms with van der Waals surface area (Å²) >= 11 is 0. The van der Waals surface area contributed by atoms with Gasteiger partial charge < -0.3 is 4.74 Å². The summed E-state index contributed by atoms with van der Waals surface area (Å²) in [5, 5.41) is 0.